The molecule has 2 aromatic carbocycles. The van der Waals surface area contributed by atoms with Crippen molar-refractivity contribution in [2.75, 3.05) is 5.32 Å². The molecule has 0 spiro atoms. The Kier molecular flexibility index (Phi) is 4.76. The molecule has 0 fully saturated rings. The lowest BCUT2D eigenvalue weighted by molar-refractivity contribution is -0.152. The van der Waals surface area contributed by atoms with Gasteiger partial charge in [0, 0.05) is 5.69 Å². The monoisotopic (exact) mass is 357 g/mol. The van der Waals surface area contributed by atoms with Gasteiger partial charge in [0.15, 0.2) is 5.03 Å². The molecule has 0 unspecified atom stereocenters. The second-order valence-corrected chi connectivity index (χ2v) is 6.05. The minimum absolute atomic E-state index is 0.134. The molecule has 0 saturated heterocycles. The lowest BCUT2D eigenvalue weighted by Gasteiger charge is -2.17. The van der Waals surface area contributed by atoms with Gasteiger partial charge in [0.1, 0.15) is 5.70 Å². The number of nitrogens with one attached hydrogen (secondary N) is 1. The highest BCUT2D eigenvalue weighted by Crippen LogP contribution is 2.29. The second-order valence-electron chi connectivity index (χ2n) is 5.68. The molecule has 0 aliphatic carbocycles. The Bertz CT molecular complexity index is 858. The number of esters is 2. The van der Waals surface area contributed by atoms with Crippen molar-refractivity contribution in [2.24, 2.45) is 0 Å². The quantitative estimate of drug-likeness (QED) is 0.840. The van der Waals surface area contributed by atoms with Gasteiger partial charge in [-0.2, -0.15) is 0 Å². The minimum Gasteiger partial charge on any atom is -0.415 e. The smallest absolute Gasteiger partial charge is 0.355 e. The predicted molar refractivity (Wildman–Crippen MR) is 94.2 cm³/mol. The number of carbonyl (C=O) groups excluding carboxylic acids is 2. The summed E-state index contributed by atoms with van der Waals surface area (Å²) in [4.78, 5) is 24.1. The fraction of sp³-hybridized carbons (Fsp3) is 0.158. The van der Waals surface area contributed by atoms with Crippen LogP contribution in [0.2, 0.25) is 0 Å². The van der Waals surface area contributed by atoms with E-state index in [-0.39, 0.29) is 10.7 Å². The van der Waals surface area contributed by atoms with E-state index in [4.69, 9.17) is 21.1 Å². The molecule has 128 valence electrons. The van der Waals surface area contributed by atoms with Gasteiger partial charge in [-0.1, -0.05) is 47.5 Å². The maximum atomic E-state index is 12.3. The summed E-state index contributed by atoms with van der Waals surface area (Å²) in [6.45, 7) is 3.82. The summed E-state index contributed by atoms with van der Waals surface area (Å²) >= 11 is 6.03. The van der Waals surface area contributed by atoms with Gasteiger partial charge in [0.05, 0.1) is 5.56 Å². The molecule has 25 heavy (non-hydrogen) atoms. The number of cyclic esters (lactones) is 1. The Morgan fingerprint density at radius 2 is 1.80 bits per heavy atom. The SMILES string of the molecule is Cc1ccc(C(=O)O[C@@H]2OC(=O)C(Cl)=C2Nc2ccccc2C)cc1. The Hall–Kier alpha value is -2.79. The Balaban J connectivity index is 1.80. The summed E-state index contributed by atoms with van der Waals surface area (Å²) in [6.07, 6.45) is -1.21. The summed E-state index contributed by atoms with van der Waals surface area (Å²) in [5, 5.41) is 2.90. The predicted octanol–water partition coefficient (Wildman–Crippen LogP) is 3.91. The van der Waals surface area contributed by atoms with E-state index >= 15 is 0 Å². The lowest BCUT2D eigenvalue weighted by atomic mass is 10.1. The largest absolute Gasteiger partial charge is 0.415 e. The van der Waals surface area contributed by atoms with E-state index in [9.17, 15) is 9.59 Å². The van der Waals surface area contributed by atoms with E-state index in [0.29, 0.717) is 5.56 Å². The molecule has 1 atom stereocenters. The van der Waals surface area contributed by atoms with Gasteiger partial charge in [-0.3, -0.25) is 0 Å². The van der Waals surface area contributed by atoms with Crippen molar-refractivity contribution < 1.29 is 19.1 Å². The number of aryl methyl sites for hydroxylation is 2. The number of hydrogen-bond donors (Lipinski definition) is 1. The Morgan fingerprint density at radius 3 is 2.48 bits per heavy atom. The third kappa shape index (κ3) is 3.67. The molecule has 0 aromatic heterocycles. The van der Waals surface area contributed by atoms with Crippen LogP contribution in [-0.4, -0.2) is 18.2 Å². The lowest BCUT2D eigenvalue weighted by Crippen LogP contribution is -2.24. The van der Waals surface area contributed by atoms with Gasteiger partial charge < -0.3 is 14.8 Å². The van der Waals surface area contributed by atoms with Crippen molar-refractivity contribution in [1.82, 2.24) is 0 Å². The van der Waals surface area contributed by atoms with Crippen LogP contribution in [0.3, 0.4) is 0 Å². The van der Waals surface area contributed by atoms with Gasteiger partial charge in [-0.05, 0) is 37.6 Å². The van der Waals surface area contributed by atoms with E-state index in [2.05, 4.69) is 5.32 Å². The van der Waals surface area contributed by atoms with Gasteiger partial charge in [-0.15, -0.1) is 0 Å². The summed E-state index contributed by atoms with van der Waals surface area (Å²) in [7, 11) is 0. The van der Waals surface area contributed by atoms with Gasteiger partial charge in [0.2, 0.25) is 0 Å². The first-order valence-corrected chi connectivity index (χ1v) is 8.04. The number of halogens is 1. The van der Waals surface area contributed by atoms with Crippen molar-refractivity contribution in [3.8, 4) is 0 Å². The molecule has 2 aromatic rings. The molecule has 0 bridgehead atoms. The fourth-order valence-corrected chi connectivity index (χ4v) is 2.51. The first-order chi connectivity index (χ1) is 12.0. The van der Waals surface area contributed by atoms with Crippen LogP contribution in [-0.2, 0) is 14.3 Å². The normalized spacial score (nSPS) is 16.6. The molecule has 3 rings (SSSR count). The summed E-state index contributed by atoms with van der Waals surface area (Å²) < 4.78 is 10.4. The zero-order chi connectivity index (χ0) is 18.0. The van der Waals surface area contributed by atoms with Crippen molar-refractivity contribution in [2.45, 2.75) is 20.1 Å². The van der Waals surface area contributed by atoms with Crippen LogP contribution >= 0.6 is 11.6 Å². The third-order valence-electron chi connectivity index (χ3n) is 3.78. The highest BCUT2D eigenvalue weighted by Gasteiger charge is 2.36. The number of benzene rings is 2. The van der Waals surface area contributed by atoms with Gasteiger partial charge in [-0.25, -0.2) is 9.59 Å². The molecule has 5 nitrogen and oxygen atoms in total. The van der Waals surface area contributed by atoms with E-state index in [0.717, 1.165) is 16.8 Å². The standard InChI is InChI=1S/C19H16ClNO4/c1-11-7-9-13(10-8-11)17(22)24-19-16(15(20)18(23)25-19)21-14-6-4-3-5-12(14)2/h3-10,19,21H,1-2H3/t19-/m1/s1. The van der Waals surface area contributed by atoms with E-state index < -0.39 is 18.2 Å². The van der Waals surface area contributed by atoms with Crippen LogP contribution in [0.25, 0.3) is 0 Å². The van der Waals surface area contributed by atoms with Crippen molar-refractivity contribution >= 4 is 29.2 Å². The molecular weight excluding hydrogens is 342 g/mol. The number of para-hydroxylation sites is 1. The zero-order valence-electron chi connectivity index (χ0n) is 13.7. The average Bonchev–Trinajstić information content (AvgIpc) is 2.85. The highest BCUT2D eigenvalue weighted by atomic mass is 35.5. The van der Waals surface area contributed by atoms with Crippen LogP contribution in [0, 0.1) is 13.8 Å². The molecule has 0 saturated carbocycles. The van der Waals surface area contributed by atoms with Crippen molar-refractivity contribution in [3.63, 3.8) is 0 Å². The number of rotatable bonds is 4. The fourth-order valence-electron chi connectivity index (χ4n) is 2.33. The number of hydrogen-bond acceptors (Lipinski definition) is 5. The Labute approximate surface area is 150 Å². The van der Waals surface area contributed by atoms with Gasteiger partial charge in [0.25, 0.3) is 6.29 Å². The van der Waals surface area contributed by atoms with Crippen LogP contribution in [0.15, 0.2) is 59.3 Å². The van der Waals surface area contributed by atoms with Crippen LogP contribution < -0.4 is 5.32 Å². The van der Waals surface area contributed by atoms with E-state index in [1.165, 1.54) is 0 Å². The van der Waals surface area contributed by atoms with Crippen molar-refractivity contribution in [1.29, 1.82) is 0 Å². The van der Waals surface area contributed by atoms with E-state index in [1.54, 1.807) is 24.3 Å². The molecule has 0 radical (unpaired) electrons. The molecule has 1 heterocycles. The summed E-state index contributed by atoms with van der Waals surface area (Å²) in [5.41, 5.74) is 3.28. The summed E-state index contributed by atoms with van der Waals surface area (Å²) in [6, 6.07) is 14.4. The van der Waals surface area contributed by atoms with Crippen LogP contribution in [0.4, 0.5) is 5.69 Å². The maximum absolute atomic E-state index is 12.3. The summed E-state index contributed by atoms with van der Waals surface area (Å²) in [5.74, 6) is -1.34. The first kappa shape index (κ1) is 17.0. The molecule has 1 aliphatic heterocycles. The Morgan fingerprint density at radius 1 is 1.12 bits per heavy atom. The molecule has 1 N–H and O–H groups in total. The average molecular weight is 358 g/mol. The molecule has 6 heteroatoms. The minimum atomic E-state index is -1.21. The number of anilines is 1. The highest BCUT2D eigenvalue weighted by molar-refractivity contribution is 6.42. The topological polar surface area (TPSA) is 64.6 Å². The first-order valence-electron chi connectivity index (χ1n) is 7.66. The van der Waals surface area contributed by atoms with E-state index in [1.807, 2.05) is 38.1 Å². The third-order valence-corrected chi connectivity index (χ3v) is 4.14. The van der Waals surface area contributed by atoms with Crippen LogP contribution in [0.5, 0.6) is 0 Å². The zero-order valence-corrected chi connectivity index (χ0v) is 14.5. The van der Waals surface area contributed by atoms with Crippen LogP contribution in [0.1, 0.15) is 21.5 Å². The molecular formula is C19H16ClNO4. The number of ether oxygens (including phenoxy) is 2. The molecule has 1 aliphatic rings. The van der Waals surface area contributed by atoms with Gasteiger partial charge >= 0.3 is 11.9 Å². The van der Waals surface area contributed by atoms with Crippen molar-refractivity contribution in [3.05, 3.63) is 76.0 Å². The maximum Gasteiger partial charge on any atom is 0.355 e. The second kappa shape index (κ2) is 6.99. The number of carbonyl (C=O) groups is 2. The molecule has 0 amide bonds.